The molecule has 0 atom stereocenters. The van der Waals surface area contributed by atoms with Crippen molar-refractivity contribution in [2.45, 2.75) is 45.4 Å². The van der Waals surface area contributed by atoms with Crippen LogP contribution in [0.25, 0.3) is 0 Å². The van der Waals surface area contributed by atoms with Crippen molar-refractivity contribution in [1.29, 1.82) is 0 Å². The predicted octanol–water partition coefficient (Wildman–Crippen LogP) is 3.81. The number of ether oxygens (including phenoxy) is 1. The Labute approximate surface area is 120 Å². The molecule has 3 rings (SSSR count). The third-order valence-corrected chi connectivity index (χ3v) is 3.94. The highest BCUT2D eigenvalue weighted by atomic mass is 16.5. The molecule has 0 saturated heterocycles. The quantitative estimate of drug-likeness (QED) is 0.728. The first-order valence-electron chi connectivity index (χ1n) is 7.59. The molecule has 0 spiro atoms. The van der Waals surface area contributed by atoms with Gasteiger partial charge in [0, 0.05) is 25.5 Å². The van der Waals surface area contributed by atoms with Crippen LogP contribution in [0.3, 0.4) is 0 Å². The van der Waals surface area contributed by atoms with Gasteiger partial charge in [-0.1, -0.05) is 25.8 Å². The van der Waals surface area contributed by atoms with Crippen molar-refractivity contribution in [3.63, 3.8) is 0 Å². The Morgan fingerprint density at radius 3 is 3.10 bits per heavy atom. The molecule has 1 aliphatic heterocycles. The Hall–Kier alpha value is -1.77. The van der Waals surface area contributed by atoms with E-state index in [2.05, 4.69) is 24.0 Å². The molecule has 0 radical (unpaired) electrons. The van der Waals surface area contributed by atoms with E-state index in [9.17, 15) is 4.79 Å². The zero-order chi connectivity index (χ0) is 13.9. The third-order valence-electron chi connectivity index (χ3n) is 3.94. The van der Waals surface area contributed by atoms with Gasteiger partial charge in [-0.05, 0) is 25.0 Å². The number of allylic oxidation sites excluding steroid dienone is 5. The zero-order valence-electron chi connectivity index (χ0n) is 12.0. The van der Waals surface area contributed by atoms with Gasteiger partial charge in [0.05, 0.1) is 11.4 Å². The van der Waals surface area contributed by atoms with Crippen LogP contribution in [-0.4, -0.2) is 17.2 Å². The molecule has 3 nitrogen and oxygen atoms in total. The first kappa shape index (κ1) is 13.2. The van der Waals surface area contributed by atoms with Gasteiger partial charge in [0.1, 0.15) is 5.76 Å². The summed E-state index contributed by atoms with van der Waals surface area (Å²) in [4.78, 5) is 13.9. The summed E-state index contributed by atoms with van der Waals surface area (Å²) in [6.07, 6.45) is 14.1. The van der Waals surface area contributed by atoms with Crippen LogP contribution in [0, 0.1) is 0 Å². The van der Waals surface area contributed by atoms with Crippen molar-refractivity contribution in [3.8, 4) is 0 Å². The predicted molar refractivity (Wildman–Crippen MR) is 78.5 cm³/mol. The van der Waals surface area contributed by atoms with E-state index in [1.807, 2.05) is 6.08 Å². The van der Waals surface area contributed by atoms with Crippen molar-refractivity contribution < 1.29 is 9.53 Å². The Morgan fingerprint density at radius 1 is 1.35 bits per heavy atom. The number of hydrogen-bond donors (Lipinski definition) is 0. The van der Waals surface area contributed by atoms with Crippen molar-refractivity contribution in [2.75, 3.05) is 6.54 Å². The van der Waals surface area contributed by atoms with Crippen LogP contribution >= 0.6 is 0 Å². The maximum absolute atomic E-state index is 11.6. The maximum Gasteiger partial charge on any atom is 0.163 e. The summed E-state index contributed by atoms with van der Waals surface area (Å²) >= 11 is 0. The Kier molecular flexibility index (Phi) is 3.77. The van der Waals surface area contributed by atoms with Gasteiger partial charge in [0.2, 0.25) is 0 Å². The molecule has 0 bridgehead atoms. The van der Waals surface area contributed by atoms with E-state index in [0.717, 1.165) is 36.6 Å². The number of carbonyl (C=O) groups is 1. The van der Waals surface area contributed by atoms with Crippen LogP contribution < -0.4 is 0 Å². The smallest absolute Gasteiger partial charge is 0.163 e. The summed E-state index contributed by atoms with van der Waals surface area (Å²) in [6, 6.07) is 0. The molecule has 0 aromatic carbocycles. The first-order chi connectivity index (χ1) is 9.79. The number of fused-ring (bicyclic) bond motifs is 1. The van der Waals surface area contributed by atoms with Gasteiger partial charge in [-0.3, -0.25) is 4.79 Å². The van der Waals surface area contributed by atoms with E-state index in [4.69, 9.17) is 4.74 Å². The maximum atomic E-state index is 11.6. The molecule has 3 aliphatic rings. The summed E-state index contributed by atoms with van der Waals surface area (Å²) in [5, 5.41) is 0. The molecule has 0 N–H and O–H groups in total. The molecule has 1 heterocycles. The lowest BCUT2D eigenvalue weighted by Gasteiger charge is -2.38. The number of rotatable bonds is 4. The molecular formula is C17H21NO2. The van der Waals surface area contributed by atoms with Gasteiger partial charge < -0.3 is 9.64 Å². The van der Waals surface area contributed by atoms with E-state index in [1.165, 1.54) is 25.0 Å². The molecule has 0 aromatic rings. The molecule has 106 valence electrons. The summed E-state index contributed by atoms with van der Waals surface area (Å²) in [6.45, 7) is 3.21. The molecule has 2 aliphatic carbocycles. The van der Waals surface area contributed by atoms with E-state index >= 15 is 0 Å². The number of nitrogens with zero attached hydrogens (tertiary/aromatic N) is 1. The van der Waals surface area contributed by atoms with Crippen LogP contribution in [0.4, 0.5) is 0 Å². The summed E-state index contributed by atoms with van der Waals surface area (Å²) in [7, 11) is 0. The standard InChI is InChI=1S/C17H21NO2/c1-2-3-6-11-18-14-7-4-5-8-16(14)20-17-12-13(19)9-10-15(17)18/h4,7,10,12H,2-3,5-6,8-9,11H2,1H3. The second kappa shape index (κ2) is 5.70. The van der Waals surface area contributed by atoms with E-state index in [1.54, 1.807) is 6.08 Å². The van der Waals surface area contributed by atoms with Crippen LogP contribution in [-0.2, 0) is 9.53 Å². The second-order valence-corrected chi connectivity index (χ2v) is 5.48. The van der Waals surface area contributed by atoms with E-state index < -0.39 is 0 Å². The molecule has 0 saturated carbocycles. The minimum Gasteiger partial charge on any atom is -0.457 e. The van der Waals surface area contributed by atoms with Crippen molar-refractivity contribution in [2.24, 2.45) is 0 Å². The molecule has 0 amide bonds. The monoisotopic (exact) mass is 271 g/mol. The lowest BCUT2D eigenvalue weighted by molar-refractivity contribution is -0.114. The summed E-state index contributed by atoms with van der Waals surface area (Å²) in [5.41, 5.74) is 2.26. The van der Waals surface area contributed by atoms with Crippen LogP contribution in [0.5, 0.6) is 0 Å². The minimum absolute atomic E-state index is 0.132. The minimum atomic E-state index is 0.132. The van der Waals surface area contributed by atoms with Gasteiger partial charge in [0.15, 0.2) is 11.5 Å². The Balaban J connectivity index is 1.91. The number of unbranched alkanes of at least 4 members (excludes halogenated alkanes) is 2. The van der Waals surface area contributed by atoms with Crippen molar-refractivity contribution >= 4 is 5.78 Å². The third kappa shape index (κ3) is 2.45. The zero-order valence-corrected chi connectivity index (χ0v) is 12.0. The van der Waals surface area contributed by atoms with Crippen LogP contribution in [0.1, 0.15) is 45.4 Å². The number of hydrogen-bond acceptors (Lipinski definition) is 3. The van der Waals surface area contributed by atoms with Gasteiger partial charge in [-0.25, -0.2) is 0 Å². The molecular weight excluding hydrogens is 250 g/mol. The SMILES string of the molecule is CCCCCN1C2=CCC(=O)C=C2OC2=C1C=CCC2. The lowest BCUT2D eigenvalue weighted by atomic mass is 10.0. The number of carbonyl (C=O) groups excluding carboxylic acids is 1. The molecule has 0 fully saturated rings. The number of ketones is 1. The van der Waals surface area contributed by atoms with Crippen LogP contribution in [0.2, 0.25) is 0 Å². The van der Waals surface area contributed by atoms with E-state index in [0.29, 0.717) is 6.42 Å². The largest absolute Gasteiger partial charge is 0.457 e. The summed E-state index contributed by atoms with van der Waals surface area (Å²) < 4.78 is 5.96. The van der Waals surface area contributed by atoms with Crippen LogP contribution in [0.15, 0.2) is 47.2 Å². The highest BCUT2D eigenvalue weighted by molar-refractivity contribution is 5.93. The van der Waals surface area contributed by atoms with Crippen molar-refractivity contribution in [1.82, 2.24) is 4.90 Å². The van der Waals surface area contributed by atoms with Gasteiger partial charge in [-0.15, -0.1) is 0 Å². The highest BCUT2D eigenvalue weighted by Gasteiger charge is 2.30. The average molecular weight is 271 g/mol. The van der Waals surface area contributed by atoms with Gasteiger partial charge in [0.25, 0.3) is 0 Å². The Morgan fingerprint density at radius 2 is 2.25 bits per heavy atom. The highest BCUT2D eigenvalue weighted by Crippen LogP contribution is 2.38. The summed E-state index contributed by atoms with van der Waals surface area (Å²) in [5.74, 6) is 1.89. The fourth-order valence-corrected chi connectivity index (χ4v) is 2.90. The fourth-order valence-electron chi connectivity index (χ4n) is 2.90. The van der Waals surface area contributed by atoms with Gasteiger partial charge >= 0.3 is 0 Å². The van der Waals surface area contributed by atoms with E-state index in [-0.39, 0.29) is 5.78 Å². The lowest BCUT2D eigenvalue weighted by Crippen LogP contribution is -2.32. The molecule has 3 heteroatoms. The molecule has 0 aromatic heterocycles. The topological polar surface area (TPSA) is 29.5 Å². The molecule has 20 heavy (non-hydrogen) atoms. The van der Waals surface area contributed by atoms with Crippen molar-refractivity contribution in [3.05, 3.63) is 47.2 Å². The first-order valence-corrected chi connectivity index (χ1v) is 7.59. The Bertz CT molecular complexity index is 537. The fraction of sp³-hybridized carbons (Fsp3) is 0.471. The second-order valence-electron chi connectivity index (χ2n) is 5.48. The van der Waals surface area contributed by atoms with Gasteiger partial charge in [-0.2, -0.15) is 0 Å². The normalized spacial score (nSPS) is 21.1. The average Bonchev–Trinajstić information content (AvgIpc) is 2.46. The molecule has 0 unspecified atom stereocenters.